The summed E-state index contributed by atoms with van der Waals surface area (Å²) >= 11 is 0. The van der Waals surface area contributed by atoms with Crippen molar-refractivity contribution in [3.05, 3.63) is 23.8 Å². The summed E-state index contributed by atoms with van der Waals surface area (Å²) in [6.45, 7) is 3.56. The van der Waals surface area contributed by atoms with E-state index < -0.39 is 0 Å². The van der Waals surface area contributed by atoms with Gasteiger partial charge in [0.15, 0.2) is 11.5 Å². The van der Waals surface area contributed by atoms with Crippen LogP contribution < -0.4 is 9.47 Å². The van der Waals surface area contributed by atoms with Crippen LogP contribution in [0, 0.1) is 6.92 Å². The zero-order valence-corrected chi connectivity index (χ0v) is 7.17. The minimum absolute atomic E-state index is 0. The van der Waals surface area contributed by atoms with Crippen LogP contribution in [-0.2, 0) is 0 Å². The molecule has 0 spiro atoms. The molecule has 1 aromatic rings. The summed E-state index contributed by atoms with van der Waals surface area (Å²) in [7, 11) is 0. The molecule has 0 bridgehead atoms. The van der Waals surface area contributed by atoms with E-state index in [1.165, 1.54) is 0 Å². The van der Waals surface area contributed by atoms with Gasteiger partial charge in [-0.1, -0.05) is 12.1 Å². The maximum atomic E-state index is 5.55. The fourth-order valence-corrected chi connectivity index (χ4v) is 1.34. The largest absolute Gasteiger partial charge is 0.490 e. The summed E-state index contributed by atoms with van der Waals surface area (Å²) in [5.74, 6) is 1.79. The van der Waals surface area contributed by atoms with Gasteiger partial charge in [-0.15, -0.1) is 0 Å². The van der Waals surface area contributed by atoms with Gasteiger partial charge in [-0.3, -0.25) is 0 Å². The van der Waals surface area contributed by atoms with Crippen molar-refractivity contribution in [1.82, 2.24) is 0 Å². The minimum atomic E-state index is 0. The molecule has 66 valence electrons. The number of para-hydroxylation sites is 1. The summed E-state index contributed by atoms with van der Waals surface area (Å²) in [4.78, 5) is 0. The summed E-state index contributed by atoms with van der Waals surface area (Å²) in [5, 5.41) is 0. The van der Waals surface area contributed by atoms with Crippen LogP contribution in [0.4, 0.5) is 0 Å². The molecular formula is C10H14O2. The summed E-state index contributed by atoms with van der Waals surface area (Å²) in [5.41, 5.74) is 1.15. The van der Waals surface area contributed by atoms with E-state index in [1.807, 2.05) is 25.1 Å². The second-order valence-corrected chi connectivity index (χ2v) is 2.95. The molecule has 2 nitrogen and oxygen atoms in total. The highest BCUT2D eigenvalue weighted by molar-refractivity contribution is 5.46. The Bertz CT molecular complexity index is 286. The van der Waals surface area contributed by atoms with Crippen LogP contribution in [0.3, 0.4) is 0 Å². The second kappa shape index (κ2) is 3.05. The van der Waals surface area contributed by atoms with Crippen molar-refractivity contribution >= 4 is 0 Å². The van der Waals surface area contributed by atoms with Gasteiger partial charge in [0.2, 0.25) is 0 Å². The highest BCUT2D eigenvalue weighted by Gasteiger charge is 2.10. The van der Waals surface area contributed by atoms with E-state index in [-0.39, 0.29) is 1.43 Å². The smallest absolute Gasteiger partial charge is 0.164 e. The first kappa shape index (κ1) is 7.47. The van der Waals surface area contributed by atoms with Gasteiger partial charge in [0, 0.05) is 7.85 Å². The number of fused-ring (bicyclic) bond motifs is 1. The van der Waals surface area contributed by atoms with Crippen LogP contribution in [-0.4, -0.2) is 13.2 Å². The lowest BCUT2D eigenvalue weighted by molar-refractivity contribution is 0.296. The predicted molar refractivity (Wildman–Crippen MR) is 48.9 cm³/mol. The lowest BCUT2D eigenvalue weighted by Gasteiger charge is -2.08. The van der Waals surface area contributed by atoms with Crippen molar-refractivity contribution in [2.24, 2.45) is 0 Å². The van der Waals surface area contributed by atoms with Crippen molar-refractivity contribution < 1.29 is 10.9 Å². The molecule has 0 saturated heterocycles. The van der Waals surface area contributed by atoms with Crippen LogP contribution in [0.5, 0.6) is 11.5 Å². The number of hydrogen-bond acceptors (Lipinski definition) is 2. The van der Waals surface area contributed by atoms with Gasteiger partial charge in [-0.05, 0) is 18.6 Å². The molecule has 0 aromatic heterocycles. The van der Waals surface area contributed by atoms with Gasteiger partial charge in [0.05, 0.1) is 13.2 Å². The molecule has 0 unspecified atom stereocenters. The van der Waals surface area contributed by atoms with E-state index >= 15 is 0 Å². The van der Waals surface area contributed by atoms with E-state index in [0.717, 1.165) is 36.7 Å². The van der Waals surface area contributed by atoms with Gasteiger partial charge in [-0.2, -0.15) is 0 Å². The highest BCUT2D eigenvalue weighted by atomic mass is 16.5. The van der Waals surface area contributed by atoms with Crippen molar-refractivity contribution in [1.29, 1.82) is 0 Å². The maximum absolute atomic E-state index is 5.55. The first-order valence-electron chi connectivity index (χ1n) is 4.23. The Kier molecular flexibility index (Phi) is 1.90. The lowest BCUT2D eigenvalue weighted by atomic mass is 10.2. The van der Waals surface area contributed by atoms with Gasteiger partial charge in [-0.25, -0.2) is 0 Å². The number of aryl methyl sites for hydroxylation is 1. The van der Waals surface area contributed by atoms with Crippen molar-refractivity contribution in [3.8, 4) is 11.5 Å². The topological polar surface area (TPSA) is 18.5 Å². The quantitative estimate of drug-likeness (QED) is 0.589. The Hall–Kier alpha value is -1.18. The van der Waals surface area contributed by atoms with Crippen molar-refractivity contribution in [3.63, 3.8) is 0 Å². The number of benzene rings is 1. The van der Waals surface area contributed by atoms with E-state index in [9.17, 15) is 0 Å². The number of hydrogen-bond donors (Lipinski definition) is 0. The molecule has 1 heterocycles. The van der Waals surface area contributed by atoms with E-state index in [2.05, 4.69) is 0 Å². The van der Waals surface area contributed by atoms with Crippen molar-refractivity contribution in [2.75, 3.05) is 13.2 Å². The van der Waals surface area contributed by atoms with Crippen molar-refractivity contribution in [2.45, 2.75) is 13.3 Å². The van der Waals surface area contributed by atoms with Gasteiger partial charge >= 0.3 is 0 Å². The third-order valence-electron chi connectivity index (χ3n) is 1.97. The maximum Gasteiger partial charge on any atom is 0.164 e. The molecule has 0 fully saturated rings. The molecule has 0 atom stereocenters. The van der Waals surface area contributed by atoms with Crippen LogP contribution in [0.2, 0.25) is 0 Å². The molecule has 1 aromatic carbocycles. The van der Waals surface area contributed by atoms with Gasteiger partial charge in [0.1, 0.15) is 0 Å². The number of ether oxygens (including phenoxy) is 2. The Morgan fingerprint density at radius 2 is 2.08 bits per heavy atom. The molecule has 0 N–H and O–H groups in total. The zero-order chi connectivity index (χ0) is 8.39. The monoisotopic (exact) mass is 166 g/mol. The van der Waals surface area contributed by atoms with E-state index in [0.29, 0.717) is 0 Å². The highest BCUT2D eigenvalue weighted by Crippen LogP contribution is 2.32. The molecular weight excluding hydrogens is 152 g/mol. The molecule has 1 aliphatic heterocycles. The summed E-state index contributed by atoms with van der Waals surface area (Å²) in [6, 6.07) is 5.98. The van der Waals surface area contributed by atoms with Crippen LogP contribution in [0.15, 0.2) is 18.2 Å². The average molecular weight is 166 g/mol. The first-order chi connectivity index (χ1) is 5.88. The van der Waals surface area contributed by atoms with Crippen LogP contribution in [0.25, 0.3) is 0 Å². The molecule has 0 aliphatic carbocycles. The van der Waals surface area contributed by atoms with Crippen LogP contribution >= 0.6 is 0 Å². The van der Waals surface area contributed by atoms with E-state index in [1.54, 1.807) is 0 Å². The summed E-state index contributed by atoms with van der Waals surface area (Å²) in [6.07, 6.45) is 0.966. The Balaban J connectivity index is 0.000000845. The SMILES string of the molecule is Cc1cccc2c1OCCCO2.[HH]. The fraction of sp³-hybridized carbons (Fsp3) is 0.400. The molecule has 0 saturated carbocycles. The third kappa shape index (κ3) is 1.24. The standard InChI is InChI=1S/C10H12O2.H2/c1-8-4-2-5-9-10(8)12-7-3-6-11-9;/h2,4-5H,3,6-7H2,1H3;1H. The molecule has 12 heavy (non-hydrogen) atoms. The molecule has 2 rings (SSSR count). The summed E-state index contributed by atoms with van der Waals surface area (Å²) < 4.78 is 11.1. The zero-order valence-electron chi connectivity index (χ0n) is 7.17. The third-order valence-corrected chi connectivity index (χ3v) is 1.97. The van der Waals surface area contributed by atoms with E-state index in [4.69, 9.17) is 9.47 Å². The molecule has 0 radical (unpaired) electrons. The Morgan fingerprint density at radius 1 is 1.25 bits per heavy atom. The second-order valence-electron chi connectivity index (χ2n) is 2.95. The van der Waals surface area contributed by atoms with Gasteiger partial charge in [0.25, 0.3) is 0 Å². The molecule has 2 heteroatoms. The fourth-order valence-electron chi connectivity index (χ4n) is 1.34. The molecule has 0 amide bonds. The first-order valence-corrected chi connectivity index (χ1v) is 4.23. The molecule has 1 aliphatic rings. The number of rotatable bonds is 0. The lowest BCUT2D eigenvalue weighted by Crippen LogP contribution is -1.97. The van der Waals surface area contributed by atoms with Gasteiger partial charge < -0.3 is 9.47 Å². The Labute approximate surface area is 73.6 Å². The Morgan fingerprint density at radius 3 is 3.00 bits per heavy atom. The van der Waals surface area contributed by atoms with Crippen LogP contribution in [0.1, 0.15) is 13.4 Å². The minimum Gasteiger partial charge on any atom is -0.490 e. The predicted octanol–water partition coefficient (Wildman–Crippen LogP) is 2.40. The normalized spacial score (nSPS) is 15.4. The average Bonchev–Trinajstić information content (AvgIpc) is 2.30.